The second kappa shape index (κ2) is 8.35. The third-order valence-corrected chi connectivity index (χ3v) is 3.47. The van der Waals surface area contributed by atoms with Crippen molar-refractivity contribution in [2.24, 2.45) is 0 Å². The van der Waals surface area contributed by atoms with E-state index in [4.69, 9.17) is 21.1 Å². The number of methoxy groups -OCH3 is 2. The first-order valence-corrected chi connectivity index (χ1v) is 7.75. The van der Waals surface area contributed by atoms with Gasteiger partial charge in [0, 0.05) is 24.7 Å². The SMILES string of the molecule is CCCNc1cc(C(=O)Nc2cc(OC)c(Cl)cc2OC)ncn1. The molecule has 0 unspecified atom stereocenters. The fraction of sp³-hybridized carbons (Fsp3) is 0.312. The number of hydrogen-bond donors (Lipinski definition) is 2. The molecular formula is C16H19ClN4O3. The maximum Gasteiger partial charge on any atom is 0.274 e. The first-order valence-electron chi connectivity index (χ1n) is 7.37. The zero-order valence-corrected chi connectivity index (χ0v) is 14.5. The van der Waals surface area contributed by atoms with E-state index < -0.39 is 0 Å². The highest BCUT2D eigenvalue weighted by Gasteiger charge is 2.15. The molecule has 8 heteroatoms. The molecule has 2 N–H and O–H groups in total. The average Bonchev–Trinajstić information content (AvgIpc) is 2.61. The lowest BCUT2D eigenvalue weighted by Gasteiger charge is -2.13. The molecule has 128 valence electrons. The van der Waals surface area contributed by atoms with Crippen molar-refractivity contribution in [3.8, 4) is 11.5 Å². The zero-order valence-electron chi connectivity index (χ0n) is 13.7. The first kappa shape index (κ1) is 17.8. The van der Waals surface area contributed by atoms with E-state index in [9.17, 15) is 4.79 Å². The molecule has 0 radical (unpaired) electrons. The van der Waals surface area contributed by atoms with E-state index in [-0.39, 0.29) is 11.6 Å². The van der Waals surface area contributed by atoms with E-state index in [1.54, 1.807) is 18.2 Å². The molecule has 0 bridgehead atoms. The Labute approximate surface area is 145 Å². The lowest BCUT2D eigenvalue weighted by molar-refractivity contribution is 0.102. The van der Waals surface area contributed by atoms with Gasteiger partial charge in [0.1, 0.15) is 29.3 Å². The van der Waals surface area contributed by atoms with E-state index >= 15 is 0 Å². The van der Waals surface area contributed by atoms with Crippen LogP contribution in [0.5, 0.6) is 11.5 Å². The van der Waals surface area contributed by atoms with Crippen LogP contribution >= 0.6 is 11.6 Å². The van der Waals surface area contributed by atoms with Crippen LogP contribution < -0.4 is 20.1 Å². The Hall–Kier alpha value is -2.54. The maximum atomic E-state index is 12.4. The summed E-state index contributed by atoms with van der Waals surface area (Å²) in [7, 11) is 2.99. The first-order chi connectivity index (χ1) is 11.6. The van der Waals surface area contributed by atoms with Gasteiger partial charge in [-0.15, -0.1) is 0 Å². The van der Waals surface area contributed by atoms with Gasteiger partial charge >= 0.3 is 0 Å². The van der Waals surface area contributed by atoms with E-state index in [0.29, 0.717) is 28.0 Å². The van der Waals surface area contributed by atoms with Gasteiger partial charge in [-0.1, -0.05) is 18.5 Å². The van der Waals surface area contributed by atoms with Crippen molar-refractivity contribution in [2.45, 2.75) is 13.3 Å². The molecule has 0 aliphatic carbocycles. The number of carbonyl (C=O) groups is 1. The molecule has 7 nitrogen and oxygen atoms in total. The topological polar surface area (TPSA) is 85.4 Å². The van der Waals surface area contributed by atoms with Crippen LogP contribution in [0.3, 0.4) is 0 Å². The number of aromatic nitrogens is 2. The van der Waals surface area contributed by atoms with Gasteiger partial charge in [0.05, 0.1) is 24.9 Å². The van der Waals surface area contributed by atoms with Crippen LogP contribution in [0.15, 0.2) is 24.5 Å². The van der Waals surface area contributed by atoms with Gasteiger partial charge in [-0.25, -0.2) is 9.97 Å². The zero-order chi connectivity index (χ0) is 17.5. The molecule has 2 rings (SSSR count). The van der Waals surface area contributed by atoms with E-state index in [1.165, 1.54) is 20.5 Å². The van der Waals surface area contributed by atoms with Gasteiger partial charge < -0.3 is 20.1 Å². The number of hydrogen-bond acceptors (Lipinski definition) is 6. The lowest BCUT2D eigenvalue weighted by atomic mass is 10.2. The van der Waals surface area contributed by atoms with E-state index in [0.717, 1.165) is 13.0 Å². The number of nitrogens with one attached hydrogen (secondary N) is 2. The second-order valence-electron chi connectivity index (χ2n) is 4.86. The molecule has 0 aliphatic rings. The maximum absolute atomic E-state index is 12.4. The summed E-state index contributed by atoms with van der Waals surface area (Å²) < 4.78 is 10.4. The van der Waals surface area contributed by atoms with Gasteiger partial charge in [-0.2, -0.15) is 0 Å². The molecule has 2 aromatic rings. The predicted molar refractivity (Wildman–Crippen MR) is 93.3 cm³/mol. The smallest absolute Gasteiger partial charge is 0.274 e. The molecule has 1 aromatic heterocycles. The van der Waals surface area contributed by atoms with Crippen molar-refractivity contribution in [3.63, 3.8) is 0 Å². The highest BCUT2D eigenvalue weighted by molar-refractivity contribution is 6.32. The second-order valence-corrected chi connectivity index (χ2v) is 5.26. The van der Waals surface area contributed by atoms with E-state index in [2.05, 4.69) is 20.6 Å². The number of rotatable bonds is 7. The Morgan fingerprint density at radius 2 is 1.92 bits per heavy atom. The van der Waals surface area contributed by atoms with Crippen LogP contribution in [0, 0.1) is 0 Å². The molecule has 1 heterocycles. The highest BCUT2D eigenvalue weighted by atomic mass is 35.5. The summed E-state index contributed by atoms with van der Waals surface area (Å²) in [5, 5.41) is 6.24. The van der Waals surface area contributed by atoms with Crippen LogP contribution in [0.1, 0.15) is 23.8 Å². The minimum absolute atomic E-state index is 0.236. The third kappa shape index (κ3) is 4.26. The fourth-order valence-corrected chi connectivity index (χ4v) is 2.21. The normalized spacial score (nSPS) is 10.2. The molecule has 0 atom stereocenters. The molecule has 0 saturated heterocycles. The van der Waals surface area contributed by atoms with Crippen LogP contribution in [0.25, 0.3) is 0 Å². The van der Waals surface area contributed by atoms with Gasteiger partial charge in [-0.05, 0) is 6.42 Å². The molecule has 0 fully saturated rings. The molecule has 0 aliphatic heterocycles. The van der Waals surface area contributed by atoms with Crippen molar-refractivity contribution in [1.29, 1.82) is 0 Å². The minimum atomic E-state index is -0.389. The number of anilines is 2. The quantitative estimate of drug-likeness (QED) is 0.797. The summed E-state index contributed by atoms with van der Waals surface area (Å²) in [5.41, 5.74) is 0.671. The third-order valence-electron chi connectivity index (χ3n) is 3.18. The Morgan fingerprint density at radius 3 is 2.58 bits per heavy atom. The molecule has 24 heavy (non-hydrogen) atoms. The minimum Gasteiger partial charge on any atom is -0.495 e. The molecular weight excluding hydrogens is 332 g/mol. The molecule has 1 aromatic carbocycles. The number of carbonyl (C=O) groups excluding carboxylic acids is 1. The average molecular weight is 351 g/mol. The summed E-state index contributed by atoms with van der Waals surface area (Å²) in [6, 6.07) is 4.76. The summed E-state index contributed by atoms with van der Waals surface area (Å²) >= 11 is 6.06. The van der Waals surface area contributed by atoms with Gasteiger partial charge in [0.25, 0.3) is 5.91 Å². The van der Waals surface area contributed by atoms with Gasteiger partial charge in [0.15, 0.2) is 0 Å². The monoisotopic (exact) mass is 350 g/mol. The summed E-state index contributed by atoms with van der Waals surface area (Å²) in [4.78, 5) is 20.5. The molecule has 0 saturated carbocycles. The standard InChI is InChI=1S/C16H19ClN4O3/c1-4-5-18-15-8-12(19-9-20-15)16(22)21-11-7-13(23-2)10(17)6-14(11)24-3/h6-9H,4-5H2,1-3H3,(H,21,22)(H,18,19,20). The Balaban J connectivity index is 2.23. The van der Waals surface area contributed by atoms with Crippen molar-refractivity contribution in [3.05, 3.63) is 35.2 Å². The fourth-order valence-electron chi connectivity index (χ4n) is 1.98. The summed E-state index contributed by atoms with van der Waals surface area (Å²) in [6.07, 6.45) is 2.29. The number of nitrogens with zero attached hydrogens (tertiary/aromatic N) is 2. The summed E-state index contributed by atoms with van der Waals surface area (Å²) in [6.45, 7) is 2.81. The number of halogens is 1. The molecule has 0 spiro atoms. The molecule has 1 amide bonds. The Morgan fingerprint density at radius 1 is 1.17 bits per heavy atom. The number of benzene rings is 1. The summed E-state index contributed by atoms with van der Waals surface area (Å²) in [5.74, 6) is 1.06. The van der Waals surface area contributed by atoms with Crippen molar-refractivity contribution in [2.75, 3.05) is 31.4 Å². The van der Waals surface area contributed by atoms with Crippen LogP contribution in [-0.2, 0) is 0 Å². The predicted octanol–water partition coefficient (Wildman–Crippen LogP) is 3.22. The van der Waals surface area contributed by atoms with Gasteiger partial charge in [-0.3, -0.25) is 4.79 Å². The largest absolute Gasteiger partial charge is 0.495 e. The Bertz CT molecular complexity index is 724. The van der Waals surface area contributed by atoms with E-state index in [1.807, 2.05) is 6.92 Å². The number of ether oxygens (including phenoxy) is 2. The Kier molecular flexibility index (Phi) is 6.20. The van der Waals surface area contributed by atoms with Crippen molar-refractivity contribution in [1.82, 2.24) is 9.97 Å². The van der Waals surface area contributed by atoms with Crippen LogP contribution in [0.4, 0.5) is 11.5 Å². The lowest BCUT2D eigenvalue weighted by Crippen LogP contribution is -2.15. The van der Waals surface area contributed by atoms with Crippen molar-refractivity contribution < 1.29 is 14.3 Å². The van der Waals surface area contributed by atoms with Gasteiger partial charge in [0.2, 0.25) is 0 Å². The highest BCUT2D eigenvalue weighted by Crippen LogP contribution is 2.36. The van der Waals surface area contributed by atoms with Crippen LogP contribution in [0.2, 0.25) is 5.02 Å². The van der Waals surface area contributed by atoms with Crippen molar-refractivity contribution >= 4 is 29.0 Å². The number of amides is 1. The van der Waals surface area contributed by atoms with Crippen LogP contribution in [-0.4, -0.2) is 36.6 Å².